The van der Waals surface area contributed by atoms with Crippen LogP contribution in [-0.4, -0.2) is 16.1 Å². The number of alkyl halides is 6. The summed E-state index contributed by atoms with van der Waals surface area (Å²) in [6.07, 6.45) is -7.57. The maximum Gasteiger partial charge on any atom is 0.420 e. The van der Waals surface area contributed by atoms with Gasteiger partial charge in [-0.3, -0.25) is 0 Å². The predicted molar refractivity (Wildman–Crippen MR) is 106 cm³/mol. The Morgan fingerprint density at radius 2 is 1.62 bits per heavy atom. The SMILES string of the molecule is CC(C)c1c[nH]c2ccc(Oc3c(C(F)(F)F)cc(/C=C/C(=O)O)cc3C(F)(F)F)cc12. The van der Waals surface area contributed by atoms with Gasteiger partial charge in [0.1, 0.15) is 5.75 Å². The molecule has 2 N–H and O–H groups in total. The number of carboxylic acids is 1. The van der Waals surface area contributed by atoms with Crippen molar-refractivity contribution in [1.29, 1.82) is 0 Å². The normalized spacial score (nSPS) is 12.8. The van der Waals surface area contributed by atoms with E-state index in [4.69, 9.17) is 9.84 Å². The quantitative estimate of drug-likeness (QED) is 0.314. The molecule has 4 nitrogen and oxygen atoms in total. The zero-order valence-corrected chi connectivity index (χ0v) is 16.7. The number of benzene rings is 2. The lowest BCUT2D eigenvalue weighted by atomic mass is 10.0. The number of hydrogen-bond donors (Lipinski definition) is 2. The van der Waals surface area contributed by atoms with Gasteiger partial charge in [-0.25, -0.2) is 4.79 Å². The van der Waals surface area contributed by atoms with Crippen LogP contribution in [0.4, 0.5) is 26.3 Å². The summed E-state index contributed by atoms with van der Waals surface area (Å²) in [5, 5.41) is 9.27. The van der Waals surface area contributed by atoms with Crippen molar-refractivity contribution in [3.05, 3.63) is 64.9 Å². The summed E-state index contributed by atoms with van der Waals surface area (Å²) in [5.74, 6) is -3.08. The molecule has 32 heavy (non-hydrogen) atoms. The summed E-state index contributed by atoms with van der Waals surface area (Å²) in [6, 6.07) is 4.97. The molecule has 1 heterocycles. The predicted octanol–water partition coefficient (Wildman–Crippen LogP) is 7.22. The Bertz CT molecular complexity index is 1150. The Morgan fingerprint density at radius 1 is 1.03 bits per heavy atom. The second-order valence-corrected chi connectivity index (χ2v) is 7.32. The highest BCUT2D eigenvalue weighted by atomic mass is 19.4. The van der Waals surface area contributed by atoms with Crippen molar-refractivity contribution in [3.63, 3.8) is 0 Å². The summed E-state index contributed by atoms with van der Waals surface area (Å²) in [7, 11) is 0. The van der Waals surface area contributed by atoms with E-state index in [1.807, 2.05) is 13.8 Å². The molecule has 170 valence electrons. The lowest BCUT2D eigenvalue weighted by Gasteiger charge is -2.20. The van der Waals surface area contributed by atoms with Gasteiger partial charge >= 0.3 is 18.3 Å². The Hall–Kier alpha value is -3.43. The van der Waals surface area contributed by atoms with Crippen LogP contribution < -0.4 is 4.74 Å². The summed E-state index contributed by atoms with van der Waals surface area (Å²) in [4.78, 5) is 13.6. The number of rotatable bonds is 5. The van der Waals surface area contributed by atoms with Crippen LogP contribution in [0.25, 0.3) is 17.0 Å². The molecule has 3 rings (SSSR count). The highest BCUT2D eigenvalue weighted by Gasteiger charge is 2.42. The van der Waals surface area contributed by atoms with Crippen LogP contribution in [0, 0.1) is 0 Å². The number of carbonyl (C=O) groups is 1. The Morgan fingerprint density at radius 3 is 2.12 bits per heavy atom. The molecule has 10 heteroatoms. The molecule has 2 aromatic carbocycles. The van der Waals surface area contributed by atoms with Crippen LogP contribution in [0.1, 0.15) is 42.0 Å². The van der Waals surface area contributed by atoms with Crippen molar-refractivity contribution < 1.29 is 41.0 Å². The first-order chi connectivity index (χ1) is 14.8. The van der Waals surface area contributed by atoms with E-state index in [0.717, 1.165) is 5.56 Å². The Kier molecular flexibility index (Phi) is 5.99. The molecule has 3 aromatic rings. The van der Waals surface area contributed by atoms with Gasteiger partial charge in [-0.15, -0.1) is 0 Å². The number of aromatic amines is 1. The molecule has 0 saturated heterocycles. The van der Waals surface area contributed by atoms with Gasteiger partial charge in [0.25, 0.3) is 0 Å². The van der Waals surface area contributed by atoms with E-state index < -0.39 is 40.8 Å². The number of ether oxygens (including phenoxy) is 1. The van der Waals surface area contributed by atoms with E-state index in [1.54, 1.807) is 6.20 Å². The molecule has 0 bridgehead atoms. The number of aromatic nitrogens is 1. The Balaban J connectivity index is 2.21. The highest BCUT2D eigenvalue weighted by molar-refractivity contribution is 5.86. The van der Waals surface area contributed by atoms with Crippen LogP contribution in [0.15, 0.2) is 42.6 Å². The molecular formula is C22H17F6NO3. The van der Waals surface area contributed by atoms with Gasteiger partial charge in [0.15, 0.2) is 5.75 Å². The van der Waals surface area contributed by atoms with E-state index in [-0.39, 0.29) is 11.7 Å². The third-order valence-corrected chi connectivity index (χ3v) is 4.67. The first kappa shape index (κ1) is 23.2. The van der Waals surface area contributed by atoms with E-state index in [0.29, 0.717) is 35.2 Å². The lowest BCUT2D eigenvalue weighted by molar-refractivity contribution is -0.145. The van der Waals surface area contributed by atoms with Gasteiger partial charge in [0.05, 0.1) is 11.1 Å². The maximum atomic E-state index is 13.7. The average Bonchev–Trinajstić information content (AvgIpc) is 3.08. The van der Waals surface area contributed by atoms with Crippen LogP contribution >= 0.6 is 0 Å². The van der Waals surface area contributed by atoms with Gasteiger partial charge < -0.3 is 14.8 Å². The number of fused-ring (bicyclic) bond motifs is 1. The van der Waals surface area contributed by atoms with Crippen LogP contribution in [0.2, 0.25) is 0 Å². The fourth-order valence-electron chi connectivity index (χ4n) is 3.23. The number of aliphatic carboxylic acids is 1. The summed E-state index contributed by atoms with van der Waals surface area (Å²) in [5.41, 5.74) is -2.44. The molecule has 0 aliphatic heterocycles. The number of halogens is 6. The third kappa shape index (κ3) is 4.90. The molecule has 0 unspecified atom stereocenters. The van der Waals surface area contributed by atoms with E-state index >= 15 is 0 Å². The fraction of sp³-hybridized carbons (Fsp3) is 0.227. The molecule has 0 radical (unpaired) electrons. The first-order valence-corrected chi connectivity index (χ1v) is 9.29. The summed E-state index contributed by atoms with van der Waals surface area (Å²) < 4.78 is 87.3. The van der Waals surface area contributed by atoms with Gasteiger partial charge in [-0.2, -0.15) is 26.3 Å². The summed E-state index contributed by atoms with van der Waals surface area (Å²) in [6.45, 7) is 3.78. The van der Waals surface area contributed by atoms with Crippen molar-refractivity contribution in [2.45, 2.75) is 32.1 Å². The van der Waals surface area contributed by atoms with Crippen LogP contribution in [0.3, 0.4) is 0 Å². The van der Waals surface area contributed by atoms with E-state index in [2.05, 4.69) is 4.98 Å². The largest absolute Gasteiger partial charge is 0.478 e. The molecule has 0 amide bonds. The molecule has 0 saturated carbocycles. The number of H-pyrrole nitrogens is 1. The van der Waals surface area contributed by atoms with Crippen molar-refractivity contribution in [1.82, 2.24) is 4.98 Å². The lowest BCUT2D eigenvalue weighted by Crippen LogP contribution is -2.14. The Labute approximate surface area is 178 Å². The molecule has 0 aliphatic carbocycles. The average molecular weight is 457 g/mol. The monoisotopic (exact) mass is 457 g/mol. The van der Waals surface area contributed by atoms with Gasteiger partial charge in [-0.1, -0.05) is 13.8 Å². The molecule has 1 aromatic heterocycles. The standard InChI is InChI=1S/C22H17F6NO3/c1-11(2)15-10-29-18-5-4-13(9-14(15)18)32-20-16(21(23,24)25)7-12(3-6-19(30)31)8-17(20)22(26,27)28/h3-11,29H,1-2H3,(H,30,31)/b6-3+. The molecule has 0 aliphatic rings. The smallest absolute Gasteiger partial charge is 0.420 e. The molecule has 0 fully saturated rings. The zero-order chi connectivity index (χ0) is 23.8. The minimum atomic E-state index is -5.19. The number of hydrogen-bond acceptors (Lipinski definition) is 2. The zero-order valence-electron chi connectivity index (χ0n) is 16.7. The third-order valence-electron chi connectivity index (χ3n) is 4.67. The molecular weight excluding hydrogens is 440 g/mol. The van der Waals surface area contributed by atoms with Gasteiger partial charge in [0.2, 0.25) is 0 Å². The van der Waals surface area contributed by atoms with E-state index in [9.17, 15) is 31.1 Å². The van der Waals surface area contributed by atoms with Gasteiger partial charge in [0, 0.05) is 23.2 Å². The van der Waals surface area contributed by atoms with E-state index in [1.165, 1.54) is 18.2 Å². The van der Waals surface area contributed by atoms with Crippen LogP contribution in [-0.2, 0) is 17.1 Å². The topological polar surface area (TPSA) is 62.3 Å². The first-order valence-electron chi connectivity index (χ1n) is 9.29. The van der Waals surface area contributed by atoms with Crippen molar-refractivity contribution in [3.8, 4) is 11.5 Å². The molecule has 0 atom stereocenters. The van der Waals surface area contributed by atoms with Crippen LogP contribution in [0.5, 0.6) is 11.5 Å². The second-order valence-electron chi connectivity index (χ2n) is 7.32. The summed E-state index contributed by atoms with van der Waals surface area (Å²) >= 11 is 0. The fourth-order valence-corrected chi connectivity index (χ4v) is 3.23. The highest BCUT2D eigenvalue weighted by Crippen LogP contribution is 2.47. The van der Waals surface area contributed by atoms with Crippen molar-refractivity contribution >= 4 is 22.9 Å². The van der Waals surface area contributed by atoms with Gasteiger partial charge in [-0.05, 0) is 53.5 Å². The van der Waals surface area contributed by atoms with Crippen molar-refractivity contribution in [2.24, 2.45) is 0 Å². The number of nitrogens with one attached hydrogen (secondary N) is 1. The minimum absolute atomic E-state index is 0.0516. The maximum absolute atomic E-state index is 13.7. The minimum Gasteiger partial charge on any atom is -0.478 e. The van der Waals surface area contributed by atoms with Crippen molar-refractivity contribution in [2.75, 3.05) is 0 Å². The second kappa shape index (κ2) is 8.25. The molecule has 0 spiro atoms. The number of carboxylic acid groups (broad SMARTS) is 1.